The quantitative estimate of drug-likeness (QED) is 0.0660. The summed E-state index contributed by atoms with van der Waals surface area (Å²) in [6.07, 6.45) is -0.462. The number of hydrogen-bond donors (Lipinski definition) is 12. The van der Waals surface area contributed by atoms with E-state index >= 15 is 0 Å². The Bertz CT molecular complexity index is 2080. The molecule has 2 saturated heterocycles. The maximum absolute atomic E-state index is 14.5. The van der Waals surface area contributed by atoms with Crippen LogP contribution in [0.3, 0.4) is 0 Å². The number of benzene rings is 1. The molecule has 0 aromatic heterocycles. The van der Waals surface area contributed by atoms with Gasteiger partial charge in [0.25, 0.3) is 0 Å². The van der Waals surface area contributed by atoms with E-state index in [4.69, 9.17) is 22.9 Å². The van der Waals surface area contributed by atoms with Crippen molar-refractivity contribution >= 4 is 86.6 Å². The first-order chi connectivity index (χ1) is 33.5. The second-order valence-corrected chi connectivity index (χ2v) is 20.8. The van der Waals surface area contributed by atoms with E-state index in [1.165, 1.54) is 38.6 Å². The van der Waals surface area contributed by atoms with Crippen molar-refractivity contribution in [1.29, 1.82) is 0 Å². The summed E-state index contributed by atoms with van der Waals surface area (Å²) in [4.78, 5) is 148. The Morgan fingerprint density at radius 1 is 0.775 bits per heavy atom. The van der Waals surface area contributed by atoms with Crippen LogP contribution >= 0.6 is 21.6 Å². The van der Waals surface area contributed by atoms with Gasteiger partial charge in [0.2, 0.25) is 65.0 Å². The maximum atomic E-state index is 14.5. The Morgan fingerprint density at radius 2 is 1.41 bits per heavy atom. The van der Waals surface area contributed by atoms with Crippen LogP contribution in [0.15, 0.2) is 24.3 Å². The summed E-state index contributed by atoms with van der Waals surface area (Å²) in [5, 5.41) is 27.9. The number of nitrogens with zero attached hydrogens (tertiary/aromatic N) is 1. The topological polar surface area (TPSA) is 400 Å². The van der Waals surface area contributed by atoms with Crippen molar-refractivity contribution < 1.29 is 57.8 Å². The van der Waals surface area contributed by atoms with Gasteiger partial charge in [-0.2, -0.15) is 0 Å². The number of phenols is 1. The molecule has 0 radical (unpaired) electrons. The fraction of sp³-hybridized carbons (Fsp3) is 0.622. The molecule has 2 fully saturated rings. The molecule has 71 heavy (non-hydrogen) atoms. The molecule has 26 heteroatoms. The molecule has 9 atom stereocenters. The lowest BCUT2D eigenvalue weighted by Crippen LogP contribution is -2.61. The molecule has 2 aliphatic rings. The van der Waals surface area contributed by atoms with Gasteiger partial charge in [-0.25, -0.2) is 0 Å². The lowest BCUT2D eigenvalue weighted by atomic mass is 9.96. The van der Waals surface area contributed by atoms with E-state index in [1.807, 2.05) is 13.8 Å². The zero-order valence-corrected chi connectivity index (χ0v) is 42.1. The van der Waals surface area contributed by atoms with Crippen LogP contribution in [0.4, 0.5) is 0 Å². The molecule has 24 nitrogen and oxygen atoms in total. The Morgan fingerprint density at radius 3 is 2.03 bits per heavy atom. The molecule has 11 amide bonds. The van der Waals surface area contributed by atoms with Crippen LogP contribution in [0, 0.1) is 11.8 Å². The minimum atomic E-state index is -1.71. The van der Waals surface area contributed by atoms with Gasteiger partial charge in [-0.1, -0.05) is 67.8 Å². The summed E-state index contributed by atoms with van der Waals surface area (Å²) in [5.74, 6) is -9.24. The third-order valence-corrected chi connectivity index (χ3v) is 14.3. The summed E-state index contributed by atoms with van der Waals surface area (Å²) in [6.45, 7) is 6.85. The van der Waals surface area contributed by atoms with Crippen LogP contribution in [0.5, 0.6) is 5.75 Å². The number of primary amides is 3. The molecule has 1 aromatic carbocycles. The number of nitrogens with two attached hydrogens (primary N) is 4. The fourth-order valence-corrected chi connectivity index (χ4v) is 9.98. The molecule has 0 spiro atoms. The van der Waals surface area contributed by atoms with Crippen molar-refractivity contribution in [3.8, 4) is 5.75 Å². The SMILES string of the molecule is CC[C@H](C)[C@@H]1NC(=O)[C@H](Cc2ccc(O)cc2)NC(=O)[C@@H](N)CSSCC[C@@H](C(=O)N2CCC[C@H]2CC(=O)N[C@@H](CC(C)C)C(=O)NCC(N)=O)NC(=O)[C@H](CC(N)=O)NC(=O)[C@H](CCC(N)=O)NC1=O. The second kappa shape index (κ2) is 29.3. The smallest absolute Gasteiger partial charge is 0.245 e. The summed E-state index contributed by atoms with van der Waals surface area (Å²) in [6, 6.07) is -4.14. The number of phenolic OH excluding ortho intramolecular Hbond substituents is 1. The van der Waals surface area contributed by atoms with Gasteiger partial charge in [0.05, 0.1) is 19.0 Å². The highest BCUT2D eigenvalue weighted by molar-refractivity contribution is 8.76. The standard InChI is InChI=1S/C45H70N12O12S2/c1-5-24(4)38-44(68)52-29(12-13-34(47)59)41(65)55-33(20-35(48)60)42(66)53-30(14-16-70-71-22-28(46)39(63)54-32(43(67)56-38)18-25-8-10-27(58)11-9-25)45(69)57-15-6-7-26(57)19-37(62)51-31(17-23(2)3)40(64)50-21-36(49)61/h8-11,23-24,26,28-33,38,58H,5-7,12-22,46H2,1-4H3,(H2,47,59)(H2,48,60)(H2,49,61)(H,50,64)(H,51,62)(H,52,68)(H,53,66)(H,54,63)(H,55,65)(H,56,67)/t24-,26-,28-,29-,30-,31-,32-,33-,38-/m0/s1. The number of likely N-dealkylation sites (tertiary alicyclic amines) is 1. The van der Waals surface area contributed by atoms with E-state index in [2.05, 4.69) is 37.2 Å². The molecular weight excluding hydrogens is 965 g/mol. The number of aromatic hydroxyl groups is 1. The van der Waals surface area contributed by atoms with E-state index in [0.29, 0.717) is 24.8 Å². The lowest BCUT2D eigenvalue weighted by molar-refractivity contribution is -0.139. The molecule has 2 heterocycles. The van der Waals surface area contributed by atoms with Crippen LogP contribution in [0.2, 0.25) is 0 Å². The maximum Gasteiger partial charge on any atom is 0.245 e. The zero-order valence-electron chi connectivity index (χ0n) is 40.5. The van der Waals surface area contributed by atoms with Gasteiger partial charge >= 0.3 is 0 Å². The van der Waals surface area contributed by atoms with Crippen LogP contribution in [0.25, 0.3) is 0 Å². The highest BCUT2D eigenvalue weighted by Gasteiger charge is 2.39. The van der Waals surface area contributed by atoms with Gasteiger partial charge in [0, 0.05) is 43.4 Å². The highest BCUT2D eigenvalue weighted by Crippen LogP contribution is 2.26. The Kier molecular flexibility index (Phi) is 24.4. The number of carbonyl (C=O) groups is 11. The predicted octanol–water partition coefficient (Wildman–Crippen LogP) is -2.83. The van der Waals surface area contributed by atoms with Crippen molar-refractivity contribution in [2.24, 2.45) is 34.8 Å². The van der Waals surface area contributed by atoms with E-state index < -0.39 is 139 Å². The highest BCUT2D eigenvalue weighted by atomic mass is 33.1. The van der Waals surface area contributed by atoms with E-state index in [9.17, 15) is 57.8 Å². The average Bonchev–Trinajstić information content (AvgIpc) is 3.76. The Labute approximate surface area is 420 Å². The molecule has 0 aliphatic carbocycles. The van der Waals surface area contributed by atoms with Crippen molar-refractivity contribution in [3.05, 3.63) is 29.8 Å². The van der Waals surface area contributed by atoms with Gasteiger partial charge in [0.15, 0.2) is 0 Å². The van der Waals surface area contributed by atoms with Crippen molar-refractivity contribution in [3.63, 3.8) is 0 Å². The number of carbonyl (C=O) groups excluding carboxylic acids is 11. The van der Waals surface area contributed by atoms with Crippen LogP contribution in [0.1, 0.15) is 91.0 Å². The monoisotopic (exact) mass is 1030 g/mol. The predicted molar refractivity (Wildman–Crippen MR) is 264 cm³/mol. The molecule has 0 saturated carbocycles. The number of rotatable bonds is 18. The first kappa shape index (κ1) is 59.2. The number of nitrogens with one attached hydrogen (secondary N) is 7. The van der Waals surface area contributed by atoms with E-state index in [0.717, 1.165) is 0 Å². The fourth-order valence-electron chi connectivity index (χ4n) is 7.77. The minimum Gasteiger partial charge on any atom is -0.508 e. The first-order valence-corrected chi connectivity index (χ1v) is 26.0. The molecule has 0 bridgehead atoms. The lowest BCUT2D eigenvalue weighted by Gasteiger charge is -2.31. The average molecular weight is 1040 g/mol. The van der Waals surface area contributed by atoms with Crippen LogP contribution in [-0.4, -0.2) is 148 Å². The van der Waals surface area contributed by atoms with Crippen LogP contribution < -0.4 is 60.2 Å². The van der Waals surface area contributed by atoms with Gasteiger partial charge in [0.1, 0.15) is 42.0 Å². The minimum absolute atomic E-state index is 0.0218. The summed E-state index contributed by atoms with van der Waals surface area (Å²) < 4.78 is 0. The molecular formula is C45H70N12O12S2. The molecule has 1 aromatic rings. The van der Waals surface area contributed by atoms with Crippen molar-refractivity contribution in [2.75, 3.05) is 24.6 Å². The van der Waals surface area contributed by atoms with Gasteiger partial charge in [-0.05, 0) is 61.6 Å². The van der Waals surface area contributed by atoms with Gasteiger partial charge in [-0.3, -0.25) is 52.7 Å². The summed E-state index contributed by atoms with van der Waals surface area (Å²) in [7, 11) is 2.38. The molecule has 2 aliphatic heterocycles. The van der Waals surface area contributed by atoms with Crippen LogP contribution in [-0.2, 0) is 59.2 Å². The number of hydrogen-bond acceptors (Lipinski definition) is 15. The molecule has 3 rings (SSSR count). The molecule has 16 N–H and O–H groups in total. The summed E-state index contributed by atoms with van der Waals surface area (Å²) in [5.41, 5.74) is 23.0. The first-order valence-electron chi connectivity index (χ1n) is 23.5. The number of amides is 11. The van der Waals surface area contributed by atoms with Gasteiger partial charge < -0.3 is 70.2 Å². The second-order valence-electron chi connectivity index (χ2n) is 18.1. The normalized spacial score (nSPS) is 24.1. The summed E-state index contributed by atoms with van der Waals surface area (Å²) >= 11 is 0. The van der Waals surface area contributed by atoms with E-state index in [-0.39, 0.29) is 61.8 Å². The van der Waals surface area contributed by atoms with Crippen molar-refractivity contribution in [2.45, 2.75) is 140 Å². The third-order valence-electron chi connectivity index (χ3n) is 11.8. The van der Waals surface area contributed by atoms with E-state index in [1.54, 1.807) is 26.0 Å². The largest absolute Gasteiger partial charge is 0.508 e. The zero-order chi connectivity index (χ0) is 52.9. The van der Waals surface area contributed by atoms with Gasteiger partial charge in [-0.15, -0.1) is 0 Å². The Balaban J connectivity index is 2.00. The third kappa shape index (κ3) is 20.2. The Hall–Kier alpha value is -6.15. The molecule has 0 unspecified atom stereocenters. The molecule has 394 valence electrons. The van der Waals surface area contributed by atoms with Crippen molar-refractivity contribution in [1.82, 2.24) is 42.1 Å².